The fourth-order valence-corrected chi connectivity index (χ4v) is 5.50. The molecule has 0 atom stereocenters. The summed E-state index contributed by atoms with van der Waals surface area (Å²) in [5, 5.41) is 5.19. The van der Waals surface area contributed by atoms with Gasteiger partial charge >= 0.3 is 0 Å². The average Bonchev–Trinajstić information content (AvgIpc) is 3.24. The van der Waals surface area contributed by atoms with Gasteiger partial charge in [0.15, 0.2) is 5.71 Å². The number of hydrogen-bond acceptors (Lipinski definition) is 5. The first kappa shape index (κ1) is 19.2. The molecule has 2 aliphatic rings. The van der Waals surface area contributed by atoms with Crippen LogP contribution in [0.25, 0.3) is 10.2 Å². The summed E-state index contributed by atoms with van der Waals surface area (Å²) in [5.74, 6) is 0.334. The minimum absolute atomic E-state index is 0.156. The topological polar surface area (TPSA) is 67.6 Å². The van der Waals surface area contributed by atoms with E-state index in [-0.39, 0.29) is 11.5 Å². The standard InChI is InChI=1S/C23H24N4O2S/c1-14(2)11-12-26-17-9-5-3-7-15(17)20(23(26)29)25-27-13-24-21-19(22(27)28)16-8-4-6-10-18(16)30-21/h3,5,7,9,13-14H,4,6,8,10-12H2,1-2H3. The number of carbonyl (C=O) groups is 1. The van der Waals surface area contributed by atoms with Gasteiger partial charge < -0.3 is 4.90 Å². The molecule has 1 aliphatic heterocycles. The first-order chi connectivity index (χ1) is 14.5. The van der Waals surface area contributed by atoms with Crippen molar-refractivity contribution in [1.29, 1.82) is 0 Å². The van der Waals surface area contributed by atoms with Gasteiger partial charge in [0.1, 0.15) is 11.2 Å². The van der Waals surface area contributed by atoms with Crippen LogP contribution in [0, 0.1) is 5.92 Å². The van der Waals surface area contributed by atoms with Gasteiger partial charge in [-0.2, -0.15) is 9.78 Å². The van der Waals surface area contributed by atoms with E-state index in [0.717, 1.165) is 53.7 Å². The van der Waals surface area contributed by atoms with Gasteiger partial charge in [-0.3, -0.25) is 9.59 Å². The van der Waals surface area contributed by atoms with Crippen LogP contribution in [0.3, 0.4) is 0 Å². The number of aromatic nitrogens is 2. The predicted octanol–water partition coefficient (Wildman–Crippen LogP) is 3.98. The van der Waals surface area contributed by atoms with Gasteiger partial charge in [-0.1, -0.05) is 32.0 Å². The molecule has 6 nitrogen and oxygen atoms in total. The van der Waals surface area contributed by atoms with E-state index in [1.807, 2.05) is 24.3 Å². The van der Waals surface area contributed by atoms with Crippen molar-refractivity contribution in [1.82, 2.24) is 9.66 Å². The maximum Gasteiger partial charge on any atom is 0.282 e. The molecule has 7 heteroatoms. The summed E-state index contributed by atoms with van der Waals surface area (Å²) in [4.78, 5) is 34.8. The van der Waals surface area contributed by atoms with E-state index in [4.69, 9.17) is 0 Å². The Morgan fingerprint density at radius 2 is 1.97 bits per heavy atom. The molecule has 3 heterocycles. The van der Waals surface area contributed by atoms with Gasteiger partial charge in [-0.25, -0.2) is 4.98 Å². The highest BCUT2D eigenvalue weighted by molar-refractivity contribution is 7.18. The minimum atomic E-state index is -0.183. The van der Waals surface area contributed by atoms with E-state index in [0.29, 0.717) is 23.6 Å². The van der Waals surface area contributed by atoms with Crippen molar-refractivity contribution in [2.75, 3.05) is 11.4 Å². The minimum Gasteiger partial charge on any atom is -0.306 e. The molecule has 0 unspecified atom stereocenters. The molecule has 5 rings (SSSR count). The zero-order valence-corrected chi connectivity index (χ0v) is 18.0. The van der Waals surface area contributed by atoms with Crippen LogP contribution in [-0.2, 0) is 17.6 Å². The summed E-state index contributed by atoms with van der Waals surface area (Å²) in [6.07, 6.45) is 6.54. The summed E-state index contributed by atoms with van der Waals surface area (Å²) in [7, 11) is 0. The van der Waals surface area contributed by atoms with Crippen LogP contribution in [0.2, 0.25) is 0 Å². The third-order valence-corrected chi connectivity index (χ3v) is 7.09. The predicted molar refractivity (Wildman–Crippen MR) is 121 cm³/mol. The van der Waals surface area contributed by atoms with Gasteiger partial charge in [-0.05, 0) is 49.7 Å². The lowest BCUT2D eigenvalue weighted by Gasteiger charge is -2.17. The fourth-order valence-electron chi connectivity index (χ4n) is 4.28. The number of benzene rings is 1. The van der Waals surface area contributed by atoms with Crippen molar-refractivity contribution in [3.8, 4) is 0 Å². The van der Waals surface area contributed by atoms with Gasteiger partial charge in [0.2, 0.25) is 0 Å². The highest BCUT2D eigenvalue weighted by atomic mass is 32.1. The molecule has 0 saturated carbocycles. The number of anilines is 1. The molecule has 0 radical (unpaired) electrons. The third-order valence-electron chi connectivity index (χ3n) is 5.89. The molecular formula is C23H24N4O2S. The summed E-state index contributed by atoms with van der Waals surface area (Å²) in [6.45, 7) is 4.92. The van der Waals surface area contributed by atoms with Crippen LogP contribution in [0.1, 0.15) is 49.1 Å². The number of rotatable bonds is 4. The monoisotopic (exact) mass is 420 g/mol. The van der Waals surface area contributed by atoms with Crippen LogP contribution < -0.4 is 10.5 Å². The SMILES string of the molecule is CC(C)CCN1C(=O)C(=Nn2cnc3sc4c(c3c2=O)CCCC4)c2ccccc21. The van der Waals surface area contributed by atoms with E-state index in [1.54, 1.807) is 16.2 Å². The lowest BCUT2D eigenvalue weighted by molar-refractivity contribution is -0.112. The Kier molecular flexibility index (Phi) is 4.77. The van der Waals surface area contributed by atoms with Crippen molar-refractivity contribution < 1.29 is 4.79 Å². The number of hydrogen-bond donors (Lipinski definition) is 0. The molecule has 1 amide bonds. The second-order valence-corrected chi connectivity index (χ2v) is 9.47. The lowest BCUT2D eigenvalue weighted by atomic mass is 9.97. The lowest BCUT2D eigenvalue weighted by Crippen LogP contribution is -2.32. The Hall–Kier alpha value is -2.80. The van der Waals surface area contributed by atoms with E-state index >= 15 is 0 Å². The summed E-state index contributed by atoms with van der Waals surface area (Å²) in [5.41, 5.74) is 2.88. The van der Waals surface area contributed by atoms with Crippen LogP contribution in [0.5, 0.6) is 0 Å². The molecule has 0 N–H and O–H groups in total. The van der Waals surface area contributed by atoms with Gasteiger partial charge in [-0.15, -0.1) is 11.3 Å². The van der Waals surface area contributed by atoms with Crippen LogP contribution in [0.15, 0.2) is 40.5 Å². The Morgan fingerprint density at radius 1 is 1.17 bits per heavy atom. The molecule has 1 aromatic carbocycles. The summed E-state index contributed by atoms with van der Waals surface area (Å²) >= 11 is 1.62. The number of thiophene rings is 1. The van der Waals surface area contributed by atoms with Crippen LogP contribution in [0.4, 0.5) is 5.69 Å². The van der Waals surface area contributed by atoms with E-state index in [9.17, 15) is 9.59 Å². The maximum absolute atomic E-state index is 13.3. The van der Waals surface area contributed by atoms with Crippen molar-refractivity contribution in [3.63, 3.8) is 0 Å². The zero-order chi connectivity index (χ0) is 20.8. The number of para-hydroxylation sites is 1. The largest absolute Gasteiger partial charge is 0.306 e. The molecule has 3 aromatic rings. The van der Waals surface area contributed by atoms with Gasteiger partial charge in [0.25, 0.3) is 11.5 Å². The van der Waals surface area contributed by atoms with E-state index in [2.05, 4.69) is 23.9 Å². The molecular weight excluding hydrogens is 396 g/mol. The number of nitrogens with zero attached hydrogens (tertiary/aromatic N) is 4. The molecule has 0 spiro atoms. The zero-order valence-electron chi connectivity index (χ0n) is 17.2. The normalized spacial score (nSPS) is 17.2. The smallest absolute Gasteiger partial charge is 0.282 e. The highest BCUT2D eigenvalue weighted by Gasteiger charge is 2.34. The Bertz CT molecular complexity index is 1240. The van der Waals surface area contributed by atoms with Gasteiger partial charge in [0, 0.05) is 17.0 Å². The Morgan fingerprint density at radius 3 is 2.80 bits per heavy atom. The summed E-state index contributed by atoms with van der Waals surface area (Å²) in [6, 6.07) is 7.66. The quantitative estimate of drug-likeness (QED) is 0.641. The van der Waals surface area contributed by atoms with Gasteiger partial charge in [0.05, 0.1) is 11.1 Å². The molecule has 0 fully saturated rings. The number of aryl methyl sites for hydroxylation is 2. The second kappa shape index (κ2) is 7.47. The van der Waals surface area contributed by atoms with Crippen LogP contribution in [-0.4, -0.2) is 27.8 Å². The molecule has 154 valence electrons. The van der Waals surface area contributed by atoms with Crippen LogP contribution >= 0.6 is 11.3 Å². The Labute approximate surface area is 178 Å². The summed E-state index contributed by atoms with van der Waals surface area (Å²) < 4.78 is 1.25. The third kappa shape index (κ3) is 3.08. The van der Waals surface area contributed by atoms with Crippen molar-refractivity contribution in [2.45, 2.75) is 46.0 Å². The maximum atomic E-state index is 13.3. The first-order valence-corrected chi connectivity index (χ1v) is 11.4. The average molecular weight is 421 g/mol. The molecule has 0 saturated heterocycles. The highest BCUT2D eigenvalue weighted by Crippen LogP contribution is 2.34. The molecule has 30 heavy (non-hydrogen) atoms. The van der Waals surface area contributed by atoms with E-state index < -0.39 is 0 Å². The van der Waals surface area contributed by atoms with E-state index in [1.165, 1.54) is 15.9 Å². The molecule has 0 bridgehead atoms. The fraction of sp³-hybridized carbons (Fsp3) is 0.391. The molecule has 1 aliphatic carbocycles. The second-order valence-electron chi connectivity index (χ2n) is 8.39. The number of amides is 1. The number of fused-ring (bicyclic) bond motifs is 4. The van der Waals surface area contributed by atoms with Crippen molar-refractivity contribution in [3.05, 3.63) is 57.0 Å². The number of carbonyl (C=O) groups excluding carboxylic acids is 1. The Balaban J connectivity index is 1.61. The van der Waals surface area contributed by atoms with Crippen molar-refractivity contribution >= 4 is 38.9 Å². The molecule has 2 aromatic heterocycles. The van der Waals surface area contributed by atoms with Crippen molar-refractivity contribution in [2.24, 2.45) is 11.0 Å². The first-order valence-electron chi connectivity index (χ1n) is 10.6.